The number of aromatic nitrogens is 2. The van der Waals surface area contributed by atoms with Crippen molar-refractivity contribution in [3.63, 3.8) is 0 Å². The van der Waals surface area contributed by atoms with Crippen LogP contribution in [0, 0.1) is 0 Å². The SMILES string of the molecule is C=CC(=O)Nc1cccc(/C=C/C(=O)c2nc3ccccc3n2Cc2ccc(C(F)(F)F)cc2)c1. The van der Waals surface area contributed by atoms with Gasteiger partial charge in [-0.25, -0.2) is 4.98 Å². The third-order valence-corrected chi connectivity index (χ3v) is 5.26. The number of allylic oxidation sites excluding steroid dienone is 1. The fourth-order valence-corrected chi connectivity index (χ4v) is 3.57. The minimum absolute atomic E-state index is 0.165. The number of halogens is 3. The number of anilines is 1. The first-order chi connectivity index (χ1) is 16.7. The average molecular weight is 475 g/mol. The lowest BCUT2D eigenvalue weighted by Crippen LogP contribution is -2.10. The van der Waals surface area contributed by atoms with Gasteiger partial charge in [-0.1, -0.05) is 49.1 Å². The van der Waals surface area contributed by atoms with Gasteiger partial charge < -0.3 is 9.88 Å². The predicted octanol–water partition coefficient (Wildman–Crippen LogP) is 6.12. The van der Waals surface area contributed by atoms with E-state index in [4.69, 9.17) is 0 Å². The van der Waals surface area contributed by atoms with E-state index in [1.807, 2.05) is 0 Å². The maximum absolute atomic E-state index is 13.1. The first-order valence-corrected chi connectivity index (χ1v) is 10.6. The lowest BCUT2D eigenvalue weighted by atomic mass is 10.1. The van der Waals surface area contributed by atoms with Crippen molar-refractivity contribution in [1.29, 1.82) is 0 Å². The van der Waals surface area contributed by atoms with Crippen LogP contribution in [-0.2, 0) is 17.5 Å². The molecular weight excluding hydrogens is 455 g/mol. The Morgan fingerprint density at radius 2 is 1.74 bits per heavy atom. The van der Waals surface area contributed by atoms with E-state index in [-0.39, 0.29) is 24.1 Å². The van der Waals surface area contributed by atoms with E-state index in [0.717, 1.165) is 18.2 Å². The second kappa shape index (κ2) is 9.80. The molecule has 0 fully saturated rings. The molecule has 0 bridgehead atoms. The maximum Gasteiger partial charge on any atom is 0.416 e. The van der Waals surface area contributed by atoms with E-state index in [2.05, 4.69) is 16.9 Å². The molecule has 5 nitrogen and oxygen atoms in total. The van der Waals surface area contributed by atoms with Crippen LogP contribution < -0.4 is 5.32 Å². The second-order valence-electron chi connectivity index (χ2n) is 7.72. The summed E-state index contributed by atoms with van der Waals surface area (Å²) in [6.45, 7) is 3.59. The molecule has 1 heterocycles. The van der Waals surface area contributed by atoms with Crippen molar-refractivity contribution in [3.8, 4) is 0 Å². The highest BCUT2D eigenvalue weighted by atomic mass is 19.4. The number of amides is 1. The molecule has 35 heavy (non-hydrogen) atoms. The third kappa shape index (κ3) is 5.55. The number of nitrogens with zero attached hydrogens (tertiary/aromatic N) is 2. The maximum atomic E-state index is 13.1. The van der Waals surface area contributed by atoms with E-state index in [9.17, 15) is 22.8 Å². The number of imidazole rings is 1. The smallest absolute Gasteiger partial charge is 0.323 e. The Balaban J connectivity index is 1.62. The van der Waals surface area contributed by atoms with Gasteiger partial charge in [-0.3, -0.25) is 9.59 Å². The lowest BCUT2D eigenvalue weighted by Gasteiger charge is -2.10. The normalized spacial score (nSPS) is 11.6. The summed E-state index contributed by atoms with van der Waals surface area (Å²) in [6, 6.07) is 18.9. The number of carbonyl (C=O) groups excluding carboxylic acids is 2. The van der Waals surface area contributed by atoms with Crippen LogP contribution in [0.5, 0.6) is 0 Å². The topological polar surface area (TPSA) is 64.0 Å². The molecule has 3 aromatic carbocycles. The van der Waals surface area contributed by atoms with Gasteiger partial charge in [-0.15, -0.1) is 0 Å². The molecule has 0 radical (unpaired) electrons. The number of nitrogens with one attached hydrogen (secondary N) is 1. The molecule has 0 aliphatic carbocycles. The number of hydrogen-bond acceptors (Lipinski definition) is 3. The van der Waals surface area contributed by atoms with E-state index in [1.54, 1.807) is 59.2 Å². The molecule has 1 aromatic heterocycles. The first kappa shape index (κ1) is 23.7. The number of fused-ring (bicyclic) bond motifs is 1. The zero-order chi connectivity index (χ0) is 25.0. The number of ketones is 1. The Labute approximate surface area is 199 Å². The van der Waals surface area contributed by atoms with Crippen LogP contribution in [0.2, 0.25) is 0 Å². The molecule has 176 valence electrons. The molecule has 1 N–H and O–H groups in total. The van der Waals surface area contributed by atoms with Gasteiger partial charge in [0.2, 0.25) is 11.7 Å². The number of carbonyl (C=O) groups is 2. The van der Waals surface area contributed by atoms with Gasteiger partial charge in [0, 0.05) is 12.2 Å². The highest BCUT2D eigenvalue weighted by molar-refractivity contribution is 6.06. The second-order valence-corrected chi connectivity index (χ2v) is 7.72. The van der Waals surface area contributed by atoms with Crippen LogP contribution in [0.3, 0.4) is 0 Å². The van der Waals surface area contributed by atoms with Gasteiger partial charge in [0.25, 0.3) is 0 Å². The van der Waals surface area contributed by atoms with Crippen LogP contribution in [0.1, 0.15) is 27.3 Å². The third-order valence-electron chi connectivity index (χ3n) is 5.26. The zero-order valence-electron chi connectivity index (χ0n) is 18.4. The van der Waals surface area contributed by atoms with Gasteiger partial charge >= 0.3 is 6.18 Å². The van der Waals surface area contributed by atoms with Crippen molar-refractivity contribution in [2.24, 2.45) is 0 Å². The molecule has 4 aromatic rings. The van der Waals surface area contributed by atoms with Crippen molar-refractivity contribution < 1.29 is 22.8 Å². The molecule has 0 spiro atoms. The summed E-state index contributed by atoms with van der Waals surface area (Å²) in [7, 11) is 0. The molecular formula is C27H20F3N3O2. The van der Waals surface area contributed by atoms with E-state index in [1.165, 1.54) is 18.2 Å². The highest BCUT2D eigenvalue weighted by Gasteiger charge is 2.30. The summed E-state index contributed by atoms with van der Waals surface area (Å²) in [5.41, 5.74) is 2.40. The predicted molar refractivity (Wildman–Crippen MR) is 129 cm³/mol. The van der Waals surface area contributed by atoms with Crippen LogP contribution in [-0.4, -0.2) is 21.2 Å². The Bertz CT molecular complexity index is 1430. The fourth-order valence-electron chi connectivity index (χ4n) is 3.57. The lowest BCUT2D eigenvalue weighted by molar-refractivity contribution is -0.137. The number of alkyl halides is 3. The Morgan fingerprint density at radius 1 is 1.00 bits per heavy atom. The number of para-hydroxylation sites is 2. The molecule has 0 aliphatic rings. The van der Waals surface area contributed by atoms with Gasteiger partial charge in [-0.05, 0) is 59.7 Å². The monoisotopic (exact) mass is 475 g/mol. The zero-order valence-corrected chi connectivity index (χ0v) is 18.4. The summed E-state index contributed by atoms with van der Waals surface area (Å²) < 4.78 is 40.4. The summed E-state index contributed by atoms with van der Waals surface area (Å²) >= 11 is 0. The van der Waals surface area contributed by atoms with Crippen molar-refractivity contribution in [2.75, 3.05) is 5.32 Å². The van der Waals surface area contributed by atoms with Crippen LogP contribution in [0.15, 0.2) is 91.5 Å². The van der Waals surface area contributed by atoms with E-state index in [0.29, 0.717) is 27.8 Å². The average Bonchev–Trinajstić information content (AvgIpc) is 3.21. The molecule has 8 heteroatoms. The molecule has 0 saturated heterocycles. The minimum atomic E-state index is -4.42. The molecule has 0 unspecified atom stereocenters. The number of rotatable bonds is 7. The van der Waals surface area contributed by atoms with Crippen LogP contribution >= 0.6 is 0 Å². The molecule has 0 atom stereocenters. The van der Waals surface area contributed by atoms with Crippen molar-refractivity contribution in [1.82, 2.24) is 9.55 Å². The summed E-state index contributed by atoms with van der Waals surface area (Å²) in [6.07, 6.45) is -0.280. The van der Waals surface area contributed by atoms with E-state index >= 15 is 0 Å². The van der Waals surface area contributed by atoms with Gasteiger partial charge in [0.05, 0.1) is 16.6 Å². The minimum Gasteiger partial charge on any atom is -0.323 e. The highest BCUT2D eigenvalue weighted by Crippen LogP contribution is 2.29. The summed E-state index contributed by atoms with van der Waals surface area (Å²) in [5, 5.41) is 2.66. The summed E-state index contributed by atoms with van der Waals surface area (Å²) in [4.78, 5) is 29.1. The standard InChI is InChI=1S/C27H20F3N3O2/c1-2-25(35)31-21-7-5-6-18(16-21)12-15-24(34)26-32-22-8-3-4-9-23(22)33(26)17-19-10-13-20(14-11-19)27(28,29)30/h2-16H,1,17H2,(H,31,35)/b15-12+. The molecule has 4 rings (SSSR count). The Kier molecular flexibility index (Phi) is 6.64. The Morgan fingerprint density at radius 3 is 2.46 bits per heavy atom. The molecule has 0 saturated carbocycles. The van der Waals surface area contributed by atoms with Crippen molar-refractivity contribution >= 4 is 34.5 Å². The van der Waals surface area contributed by atoms with E-state index < -0.39 is 11.7 Å². The van der Waals surface area contributed by atoms with Crippen LogP contribution in [0.25, 0.3) is 17.1 Å². The fraction of sp³-hybridized carbons (Fsp3) is 0.0741. The summed E-state index contributed by atoms with van der Waals surface area (Å²) in [5.74, 6) is -0.550. The quantitative estimate of drug-likeness (QED) is 0.259. The molecule has 1 amide bonds. The largest absolute Gasteiger partial charge is 0.416 e. The van der Waals surface area contributed by atoms with Gasteiger partial charge in [-0.2, -0.15) is 13.2 Å². The van der Waals surface area contributed by atoms with Gasteiger partial charge in [0.15, 0.2) is 5.82 Å². The first-order valence-electron chi connectivity index (χ1n) is 10.6. The molecule has 0 aliphatic heterocycles. The van der Waals surface area contributed by atoms with Gasteiger partial charge in [0.1, 0.15) is 0 Å². The number of hydrogen-bond donors (Lipinski definition) is 1. The Hall–Kier alpha value is -4.46. The van der Waals surface area contributed by atoms with Crippen molar-refractivity contribution in [3.05, 3.63) is 114 Å². The van der Waals surface area contributed by atoms with Crippen LogP contribution in [0.4, 0.5) is 18.9 Å². The number of benzene rings is 3. The van der Waals surface area contributed by atoms with Crippen molar-refractivity contribution in [2.45, 2.75) is 12.7 Å².